The second kappa shape index (κ2) is 4.76. The minimum Gasteiger partial charge on any atom is -0.266 e. The van der Waals surface area contributed by atoms with E-state index in [4.69, 9.17) is 16.5 Å². The van der Waals surface area contributed by atoms with Crippen LogP contribution >= 0.6 is 0 Å². The highest BCUT2D eigenvalue weighted by Crippen LogP contribution is 2.06. The summed E-state index contributed by atoms with van der Waals surface area (Å²) >= 11 is 0. The zero-order chi connectivity index (χ0) is 9.52. The molecule has 0 radical (unpaired) electrons. The first-order valence-electron chi connectivity index (χ1n) is 3.54. The highest BCUT2D eigenvalue weighted by Gasteiger charge is 1.94. The van der Waals surface area contributed by atoms with Crippen molar-refractivity contribution in [2.75, 3.05) is 12.1 Å². The molecule has 0 aliphatic rings. The van der Waals surface area contributed by atoms with Crippen molar-refractivity contribution >= 4 is 5.69 Å². The van der Waals surface area contributed by atoms with E-state index in [0.29, 0.717) is 11.4 Å². The minimum atomic E-state index is 0.171. The largest absolute Gasteiger partial charge is 0.266 e. The van der Waals surface area contributed by atoms with Crippen molar-refractivity contribution in [1.29, 1.82) is 5.26 Å². The molecule has 0 atom stereocenters. The monoisotopic (exact) mass is 173 g/mol. The summed E-state index contributed by atoms with van der Waals surface area (Å²) in [6.07, 6.45) is 6.48. The van der Waals surface area contributed by atoms with Crippen LogP contribution in [-0.2, 0) is 4.84 Å². The lowest BCUT2D eigenvalue weighted by Crippen LogP contribution is -2.01. The smallest absolute Gasteiger partial charge is 0.142 e. The molecule has 1 aromatic rings. The van der Waals surface area contributed by atoms with Gasteiger partial charge in [0, 0.05) is 12.3 Å². The molecule has 0 saturated carbocycles. The van der Waals surface area contributed by atoms with Gasteiger partial charge in [-0.1, -0.05) is 5.92 Å². The van der Waals surface area contributed by atoms with E-state index in [0.717, 1.165) is 0 Å². The van der Waals surface area contributed by atoms with Crippen molar-refractivity contribution in [3.63, 3.8) is 0 Å². The van der Waals surface area contributed by atoms with E-state index >= 15 is 0 Å². The number of terminal acetylenes is 1. The fourth-order valence-corrected chi connectivity index (χ4v) is 0.716. The zero-order valence-electron chi connectivity index (χ0n) is 6.82. The molecule has 0 bridgehead atoms. The Morgan fingerprint density at radius 1 is 1.69 bits per heavy atom. The Bertz CT molecular complexity index is 362. The predicted molar refractivity (Wildman–Crippen MR) is 47.4 cm³/mol. The van der Waals surface area contributed by atoms with Gasteiger partial charge in [-0.25, -0.2) is 4.98 Å². The topological polar surface area (TPSA) is 57.9 Å². The maximum absolute atomic E-state index is 8.52. The fraction of sp³-hybridized carbons (Fsp3) is 0.111. The number of nitrogens with one attached hydrogen (secondary N) is 1. The van der Waals surface area contributed by atoms with Gasteiger partial charge in [0.25, 0.3) is 0 Å². The normalized spacial score (nSPS) is 8.46. The summed E-state index contributed by atoms with van der Waals surface area (Å²) in [4.78, 5) is 8.63. The lowest BCUT2D eigenvalue weighted by molar-refractivity contribution is 0.234. The molecule has 1 heterocycles. The lowest BCUT2D eigenvalue weighted by Gasteiger charge is -2.02. The van der Waals surface area contributed by atoms with Gasteiger partial charge in [0.1, 0.15) is 18.4 Å². The highest BCUT2D eigenvalue weighted by atomic mass is 16.6. The molecule has 1 N–H and O–H groups in total. The Balaban J connectivity index is 2.59. The average molecular weight is 173 g/mol. The van der Waals surface area contributed by atoms with E-state index in [-0.39, 0.29) is 6.61 Å². The van der Waals surface area contributed by atoms with Crippen molar-refractivity contribution in [3.05, 3.63) is 24.0 Å². The fourth-order valence-electron chi connectivity index (χ4n) is 0.716. The summed E-state index contributed by atoms with van der Waals surface area (Å²) in [5.41, 5.74) is 3.57. The molecule has 0 spiro atoms. The number of nitrogens with zero attached hydrogens (tertiary/aromatic N) is 2. The molecule has 0 aliphatic carbocycles. The van der Waals surface area contributed by atoms with Crippen LogP contribution in [0.4, 0.5) is 5.69 Å². The molecule has 0 saturated heterocycles. The molecule has 1 aromatic heterocycles. The van der Waals surface area contributed by atoms with Crippen LogP contribution in [0.5, 0.6) is 0 Å². The summed E-state index contributed by atoms with van der Waals surface area (Å²) < 4.78 is 0. The van der Waals surface area contributed by atoms with Crippen LogP contribution in [0, 0.1) is 23.7 Å². The van der Waals surface area contributed by atoms with Gasteiger partial charge < -0.3 is 0 Å². The average Bonchev–Trinajstić information content (AvgIpc) is 2.19. The molecule has 13 heavy (non-hydrogen) atoms. The van der Waals surface area contributed by atoms with Gasteiger partial charge in [0.15, 0.2) is 0 Å². The summed E-state index contributed by atoms with van der Waals surface area (Å²) in [6, 6.07) is 5.15. The van der Waals surface area contributed by atoms with Crippen molar-refractivity contribution in [2.45, 2.75) is 0 Å². The number of nitriles is 1. The second-order valence-electron chi connectivity index (χ2n) is 2.14. The van der Waals surface area contributed by atoms with Crippen LogP contribution in [-0.4, -0.2) is 11.6 Å². The van der Waals surface area contributed by atoms with Crippen LogP contribution in [0.15, 0.2) is 18.3 Å². The molecule has 64 valence electrons. The maximum Gasteiger partial charge on any atom is 0.142 e. The Morgan fingerprint density at radius 2 is 2.54 bits per heavy atom. The Morgan fingerprint density at radius 3 is 3.23 bits per heavy atom. The van der Waals surface area contributed by atoms with Crippen LogP contribution in [0.1, 0.15) is 5.69 Å². The third-order valence-corrected chi connectivity index (χ3v) is 1.22. The van der Waals surface area contributed by atoms with Gasteiger partial charge in [0.2, 0.25) is 0 Å². The van der Waals surface area contributed by atoms with Crippen LogP contribution in [0.3, 0.4) is 0 Å². The Hall–Kier alpha value is -2.04. The van der Waals surface area contributed by atoms with Crippen LogP contribution in [0.2, 0.25) is 0 Å². The number of pyridine rings is 1. The van der Waals surface area contributed by atoms with Crippen molar-refractivity contribution in [2.24, 2.45) is 0 Å². The summed E-state index contributed by atoms with van der Waals surface area (Å²) in [5, 5.41) is 8.52. The van der Waals surface area contributed by atoms with Crippen molar-refractivity contribution in [1.82, 2.24) is 4.98 Å². The first kappa shape index (κ1) is 9.05. The van der Waals surface area contributed by atoms with Gasteiger partial charge in [-0.3, -0.25) is 10.3 Å². The first-order chi connectivity index (χ1) is 6.36. The predicted octanol–water partition coefficient (Wildman–Crippen LogP) is 0.930. The van der Waals surface area contributed by atoms with E-state index in [1.54, 1.807) is 12.1 Å². The van der Waals surface area contributed by atoms with E-state index < -0.39 is 0 Å². The quantitative estimate of drug-likeness (QED) is 0.419. The third-order valence-electron chi connectivity index (χ3n) is 1.22. The number of hydrogen-bond donors (Lipinski definition) is 1. The zero-order valence-corrected chi connectivity index (χ0v) is 6.82. The van der Waals surface area contributed by atoms with E-state index in [1.165, 1.54) is 6.20 Å². The minimum absolute atomic E-state index is 0.171. The first-order valence-corrected chi connectivity index (χ1v) is 3.54. The standard InChI is InChI=1S/C9H7N3O/c1-2-5-13-12-8-3-4-11-9(6-8)7-10/h1,3-4,6H,5H2,(H,11,12). The number of aromatic nitrogens is 1. The van der Waals surface area contributed by atoms with Crippen LogP contribution < -0.4 is 5.48 Å². The molecular weight excluding hydrogens is 166 g/mol. The van der Waals surface area contributed by atoms with Gasteiger partial charge >= 0.3 is 0 Å². The Labute approximate surface area is 76.1 Å². The molecule has 4 heteroatoms. The number of hydrogen-bond acceptors (Lipinski definition) is 4. The highest BCUT2D eigenvalue weighted by molar-refractivity contribution is 5.43. The molecule has 4 nitrogen and oxygen atoms in total. The molecule has 0 aromatic carbocycles. The molecule has 0 aliphatic heterocycles. The van der Waals surface area contributed by atoms with E-state index in [9.17, 15) is 0 Å². The van der Waals surface area contributed by atoms with Crippen molar-refractivity contribution < 1.29 is 4.84 Å². The summed E-state index contributed by atoms with van der Waals surface area (Å²) in [5.74, 6) is 2.30. The lowest BCUT2D eigenvalue weighted by atomic mass is 10.3. The van der Waals surface area contributed by atoms with Gasteiger partial charge in [-0.2, -0.15) is 5.26 Å². The molecule has 0 fully saturated rings. The van der Waals surface area contributed by atoms with Gasteiger partial charge in [-0.15, -0.1) is 6.42 Å². The molecule has 1 rings (SSSR count). The molecule has 0 unspecified atom stereocenters. The van der Waals surface area contributed by atoms with Crippen molar-refractivity contribution in [3.8, 4) is 18.4 Å². The van der Waals surface area contributed by atoms with Gasteiger partial charge in [0.05, 0.1) is 5.69 Å². The van der Waals surface area contributed by atoms with Crippen LogP contribution in [0.25, 0.3) is 0 Å². The van der Waals surface area contributed by atoms with E-state index in [1.807, 2.05) is 6.07 Å². The summed E-state index contributed by atoms with van der Waals surface area (Å²) in [7, 11) is 0. The number of anilines is 1. The summed E-state index contributed by atoms with van der Waals surface area (Å²) in [6.45, 7) is 0.171. The Kier molecular flexibility index (Phi) is 3.31. The molecule has 0 amide bonds. The second-order valence-corrected chi connectivity index (χ2v) is 2.14. The SMILES string of the molecule is C#CCONc1ccnc(C#N)c1. The van der Waals surface area contributed by atoms with E-state index in [2.05, 4.69) is 16.4 Å². The third kappa shape index (κ3) is 2.82. The van der Waals surface area contributed by atoms with Gasteiger partial charge in [-0.05, 0) is 6.07 Å². The maximum atomic E-state index is 8.52. The molecular formula is C9H7N3O. The number of rotatable bonds is 3.